The Morgan fingerprint density at radius 2 is 1.67 bits per heavy atom. The van der Waals surface area contributed by atoms with Gasteiger partial charge in [-0.05, 0) is 44.9 Å². The molecule has 0 aliphatic carbocycles. The smallest absolute Gasteiger partial charge is 0.244 e. The molecule has 0 saturated carbocycles. The van der Waals surface area contributed by atoms with E-state index in [0.29, 0.717) is 5.75 Å². The van der Waals surface area contributed by atoms with E-state index in [4.69, 9.17) is 9.47 Å². The molecule has 2 aromatic rings. The predicted molar refractivity (Wildman–Crippen MR) is 141 cm³/mol. The van der Waals surface area contributed by atoms with Crippen LogP contribution in [0.5, 0.6) is 11.5 Å². The summed E-state index contributed by atoms with van der Waals surface area (Å²) < 4.78 is 37.2. The maximum Gasteiger partial charge on any atom is 0.244 e. The third-order valence-corrected chi connectivity index (χ3v) is 7.10. The van der Waals surface area contributed by atoms with Crippen LogP contribution in [-0.2, 0) is 26.2 Å². The number of rotatable bonds is 12. The SMILES string of the molecule is CC[C@H](C)NC(=O)[C@@H](C)N(Cc1ccc(C)cc1)C(=O)CN(c1cc(OC)ccc1OC)S(C)(=O)=O. The van der Waals surface area contributed by atoms with Crippen LogP contribution in [0.3, 0.4) is 0 Å². The maximum absolute atomic E-state index is 13.7. The van der Waals surface area contributed by atoms with Crippen molar-refractivity contribution >= 4 is 27.5 Å². The Bertz CT molecular complexity index is 1150. The molecule has 0 heterocycles. The average molecular weight is 520 g/mol. The van der Waals surface area contributed by atoms with E-state index < -0.39 is 28.5 Å². The highest BCUT2D eigenvalue weighted by Gasteiger charge is 2.31. The fourth-order valence-corrected chi connectivity index (χ4v) is 4.37. The van der Waals surface area contributed by atoms with Gasteiger partial charge in [-0.15, -0.1) is 0 Å². The van der Waals surface area contributed by atoms with E-state index >= 15 is 0 Å². The molecule has 198 valence electrons. The first-order valence-corrected chi connectivity index (χ1v) is 13.6. The number of nitrogens with one attached hydrogen (secondary N) is 1. The molecule has 2 rings (SSSR count). The number of methoxy groups -OCH3 is 2. The third kappa shape index (κ3) is 7.61. The number of aryl methyl sites for hydroxylation is 1. The molecule has 0 saturated heterocycles. The van der Waals surface area contributed by atoms with E-state index in [2.05, 4.69) is 5.32 Å². The number of benzene rings is 2. The maximum atomic E-state index is 13.7. The molecule has 2 aromatic carbocycles. The summed E-state index contributed by atoms with van der Waals surface area (Å²) in [4.78, 5) is 28.0. The van der Waals surface area contributed by atoms with Gasteiger partial charge in [0.25, 0.3) is 0 Å². The zero-order valence-corrected chi connectivity index (χ0v) is 22.9. The zero-order valence-electron chi connectivity index (χ0n) is 22.1. The summed E-state index contributed by atoms with van der Waals surface area (Å²) in [6.07, 6.45) is 1.75. The van der Waals surface area contributed by atoms with Gasteiger partial charge in [0.1, 0.15) is 24.1 Å². The standard InChI is InChI=1S/C26H37N3O6S/c1-8-19(3)27-26(31)20(4)28(16-21-11-9-18(2)10-12-21)25(30)17-29(36(7,32)33)23-15-22(34-5)13-14-24(23)35-6/h9-15,19-20H,8,16-17H2,1-7H3,(H,27,31)/t19-,20+/m0/s1. The molecule has 0 aromatic heterocycles. The Morgan fingerprint density at radius 1 is 1.03 bits per heavy atom. The monoisotopic (exact) mass is 519 g/mol. The summed E-state index contributed by atoms with van der Waals surface area (Å²) >= 11 is 0. The first-order chi connectivity index (χ1) is 16.9. The zero-order chi connectivity index (χ0) is 27.0. The lowest BCUT2D eigenvalue weighted by atomic mass is 10.1. The summed E-state index contributed by atoms with van der Waals surface area (Å²) in [6.45, 7) is 7.06. The third-order valence-electron chi connectivity index (χ3n) is 5.98. The molecule has 0 aliphatic rings. The number of hydrogen-bond acceptors (Lipinski definition) is 6. The van der Waals surface area contributed by atoms with Crippen LogP contribution in [0.2, 0.25) is 0 Å². The summed E-state index contributed by atoms with van der Waals surface area (Å²) in [5.41, 5.74) is 2.05. The number of anilines is 1. The minimum absolute atomic E-state index is 0.0650. The van der Waals surface area contributed by atoms with Gasteiger partial charge in [-0.3, -0.25) is 13.9 Å². The molecular weight excluding hydrogens is 482 g/mol. The van der Waals surface area contributed by atoms with Gasteiger partial charge in [0.05, 0.1) is 26.2 Å². The topological polar surface area (TPSA) is 105 Å². The summed E-state index contributed by atoms with van der Waals surface area (Å²) in [5, 5.41) is 2.91. The molecule has 2 atom stereocenters. The van der Waals surface area contributed by atoms with E-state index in [-0.39, 0.29) is 29.9 Å². The lowest BCUT2D eigenvalue weighted by Gasteiger charge is -2.32. The Hall–Kier alpha value is -3.27. The van der Waals surface area contributed by atoms with Crippen LogP contribution in [0.1, 0.15) is 38.3 Å². The average Bonchev–Trinajstić information content (AvgIpc) is 2.85. The van der Waals surface area contributed by atoms with Crippen LogP contribution in [0, 0.1) is 6.92 Å². The first kappa shape index (κ1) is 29.0. The summed E-state index contributed by atoms with van der Waals surface area (Å²) in [7, 11) is -1.03. The molecule has 9 nitrogen and oxygen atoms in total. The molecule has 0 bridgehead atoms. The van der Waals surface area contributed by atoms with E-state index in [0.717, 1.165) is 28.1 Å². The van der Waals surface area contributed by atoms with Crippen LogP contribution < -0.4 is 19.1 Å². The molecule has 0 aliphatic heterocycles. The molecule has 1 N–H and O–H groups in total. The van der Waals surface area contributed by atoms with Gasteiger partial charge in [0.2, 0.25) is 21.8 Å². The molecule has 0 fully saturated rings. The van der Waals surface area contributed by atoms with E-state index in [1.807, 2.05) is 45.0 Å². The molecule has 0 spiro atoms. The first-order valence-electron chi connectivity index (χ1n) is 11.8. The summed E-state index contributed by atoms with van der Waals surface area (Å²) in [6, 6.07) is 11.4. The molecule has 0 unspecified atom stereocenters. The van der Waals surface area contributed by atoms with Crippen molar-refractivity contribution in [3.63, 3.8) is 0 Å². The second-order valence-electron chi connectivity index (χ2n) is 8.81. The van der Waals surface area contributed by atoms with Crippen molar-refractivity contribution in [2.75, 3.05) is 31.3 Å². The number of carbonyl (C=O) groups excluding carboxylic acids is 2. The van der Waals surface area contributed by atoms with Gasteiger partial charge in [-0.2, -0.15) is 0 Å². The lowest BCUT2D eigenvalue weighted by molar-refractivity contribution is -0.139. The second-order valence-corrected chi connectivity index (χ2v) is 10.7. The van der Waals surface area contributed by atoms with Crippen molar-refractivity contribution in [2.24, 2.45) is 0 Å². The number of amides is 2. The van der Waals surface area contributed by atoms with Crippen molar-refractivity contribution in [1.29, 1.82) is 0 Å². The normalized spacial score (nSPS) is 12.9. The minimum Gasteiger partial charge on any atom is -0.497 e. The van der Waals surface area contributed by atoms with Gasteiger partial charge in [-0.25, -0.2) is 8.42 Å². The van der Waals surface area contributed by atoms with Gasteiger partial charge in [0.15, 0.2) is 0 Å². The fraction of sp³-hybridized carbons (Fsp3) is 0.462. The van der Waals surface area contributed by atoms with Gasteiger partial charge >= 0.3 is 0 Å². The molecule has 36 heavy (non-hydrogen) atoms. The van der Waals surface area contributed by atoms with Gasteiger partial charge in [-0.1, -0.05) is 36.8 Å². The molecule has 0 radical (unpaired) electrons. The van der Waals surface area contributed by atoms with Crippen molar-refractivity contribution in [2.45, 2.75) is 52.7 Å². The van der Waals surface area contributed by atoms with Crippen molar-refractivity contribution in [1.82, 2.24) is 10.2 Å². The van der Waals surface area contributed by atoms with Crippen molar-refractivity contribution in [3.05, 3.63) is 53.6 Å². The molecular formula is C26H37N3O6S. The highest BCUT2D eigenvalue weighted by molar-refractivity contribution is 7.92. The largest absolute Gasteiger partial charge is 0.497 e. The number of hydrogen-bond donors (Lipinski definition) is 1. The van der Waals surface area contributed by atoms with Crippen molar-refractivity contribution in [3.8, 4) is 11.5 Å². The lowest BCUT2D eigenvalue weighted by Crippen LogP contribution is -2.52. The van der Waals surface area contributed by atoms with Crippen LogP contribution >= 0.6 is 0 Å². The number of ether oxygens (including phenoxy) is 2. The Labute approximate surface area is 214 Å². The number of carbonyl (C=O) groups is 2. The Kier molecular flexibility index (Phi) is 10.2. The van der Waals surface area contributed by atoms with E-state index in [9.17, 15) is 18.0 Å². The molecule has 10 heteroatoms. The summed E-state index contributed by atoms with van der Waals surface area (Å²) in [5.74, 6) is -0.168. The molecule has 2 amide bonds. The van der Waals surface area contributed by atoms with Crippen LogP contribution in [0.25, 0.3) is 0 Å². The van der Waals surface area contributed by atoms with Gasteiger partial charge < -0.3 is 19.7 Å². The number of sulfonamides is 1. The minimum atomic E-state index is -3.90. The van der Waals surface area contributed by atoms with Crippen LogP contribution in [0.4, 0.5) is 5.69 Å². The quantitative estimate of drug-likeness (QED) is 0.462. The van der Waals surface area contributed by atoms with E-state index in [1.54, 1.807) is 19.1 Å². The van der Waals surface area contributed by atoms with Crippen molar-refractivity contribution < 1.29 is 27.5 Å². The fourth-order valence-electron chi connectivity index (χ4n) is 3.52. The highest BCUT2D eigenvalue weighted by Crippen LogP contribution is 2.34. The highest BCUT2D eigenvalue weighted by atomic mass is 32.2. The number of nitrogens with zero attached hydrogens (tertiary/aromatic N) is 2. The van der Waals surface area contributed by atoms with Crippen LogP contribution in [0.15, 0.2) is 42.5 Å². The Morgan fingerprint density at radius 3 is 2.19 bits per heavy atom. The van der Waals surface area contributed by atoms with E-state index in [1.165, 1.54) is 25.2 Å². The predicted octanol–water partition coefficient (Wildman–Crippen LogP) is 3.11. The second kappa shape index (κ2) is 12.6. The van der Waals surface area contributed by atoms with Crippen LogP contribution in [-0.4, -0.2) is 64.2 Å². The Balaban J connectivity index is 2.47. The van der Waals surface area contributed by atoms with Gasteiger partial charge in [0, 0.05) is 18.7 Å².